The Hall–Kier alpha value is -0.0100. The molecular formula is C7H13O7P. The Labute approximate surface area is 86.2 Å². The van der Waals surface area contributed by atoms with Crippen LogP contribution in [0.1, 0.15) is 6.42 Å². The Kier molecular flexibility index (Phi) is 2.89. The first kappa shape index (κ1) is 11.5. The van der Waals surface area contributed by atoms with E-state index in [0.717, 1.165) is 7.11 Å². The van der Waals surface area contributed by atoms with Crippen molar-refractivity contribution >= 4 is 7.82 Å². The molecule has 1 saturated carbocycles. The van der Waals surface area contributed by atoms with E-state index < -0.39 is 38.3 Å². The minimum atomic E-state index is -3.70. The molecule has 0 spiro atoms. The van der Waals surface area contributed by atoms with E-state index in [9.17, 15) is 19.9 Å². The minimum absolute atomic E-state index is 0.173. The Morgan fingerprint density at radius 2 is 1.60 bits per heavy atom. The number of aliphatic hydroxyl groups excluding tert-OH is 3. The Morgan fingerprint density at radius 3 is 2.00 bits per heavy atom. The largest absolute Gasteiger partial charge is 0.475 e. The van der Waals surface area contributed by atoms with Gasteiger partial charge in [-0.2, -0.15) is 0 Å². The van der Waals surface area contributed by atoms with Gasteiger partial charge in [-0.05, 0) is 0 Å². The molecule has 0 aromatic heterocycles. The van der Waals surface area contributed by atoms with Crippen molar-refractivity contribution in [2.24, 2.45) is 0 Å². The molecule has 2 unspecified atom stereocenters. The van der Waals surface area contributed by atoms with Crippen molar-refractivity contribution in [2.75, 3.05) is 7.11 Å². The maximum Gasteiger partial charge on any atom is 0.475 e. The molecule has 2 aliphatic rings. The highest BCUT2D eigenvalue weighted by molar-refractivity contribution is 7.48. The summed E-state index contributed by atoms with van der Waals surface area (Å²) >= 11 is 0. The highest BCUT2D eigenvalue weighted by atomic mass is 31.2. The van der Waals surface area contributed by atoms with Crippen molar-refractivity contribution in [3.8, 4) is 0 Å². The van der Waals surface area contributed by atoms with Crippen LogP contribution in [-0.2, 0) is 18.1 Å². The summed E-state index contributed by atoms with van der Waals surface area (Å²) in [4.78, 5) is 0. The summed E-state index contributed by atoms with van der Waals surface area (Å²) in [6.07, 6.45) is -5.44. The van der Waals surface area contributed by atoms with E-state index >= 15 is 0 Å². The zero-order chi connectivity index (χ0) is 11.2. The molecule has 1 heterocycles. The van der Waals surface area contributed by atoms with E-state index in [-0.39, 0.29) is 6.42 Å². The standard InChI is InChI=1S/C7H13O7P/c1-12-15(11)13-3-2-4(14-15)6(9)7(10)5(3)8/h3-10H,2H2,1H3/t3-,4+,5-,6-,7?,15?/m0/s1. The van der Waals surface area contributed by atoms with Gasteiger partial charge >= 0.3 is 7.82 Å². The Bertz CT molecular complexity index is 273. The highest BCUT2D eigenvalue weighted by Gasteiger charge is 2.53. The van der Waals surface area contributed by atoms with Gasteiger partial charge in [0.2, 0.25) is 0 Å². The van der Waals surface area contributed by atoms with Crippen LogP contribution in [0.2, 0.25) is 0 Å². The second kappa shape index (κ2) is 3.78. The van der Waals surface area contributed by atoms with Gasteiger partial charge in [0.25, 0.3) is 0 Å². The fourth-order valence-electron chi connectivity index (χ4n) is 1.80. The summed E-state index contributed by atoms with van der Waals surface area (Å²) in [5.74, 6) is 0. The second-order valence-corrected chi connectivity index (χ2v) is 5.31. The first-order valence-corrected chi connectivity index (χ1v) is 5.99. The number of hydrogen-bond donors (Lipinski definition) is 3. The third-order valence-electron chi connectivity index (χ3n) is 2.68. The third-order valence-corrected chi connectivity index (χ3v) is 4.18. The molecule has 2 bridgehead atoms. The molecule has 7 nitrogen and oxygen atoms in total. The molecule has 8 heteroatoms. The van der Waals surface area contributed by atoms with Crippen LogP contribution >= 0.6 is 7.82 Å². The van der Waals surface area contributed by atoms with Gasteiger partial charge in [-0.3, -0.25) is 13.6 Å². The average molecular weight is 240 g/mol. The molecule has 88 valence electrons. The summed E-state index contributed by atoms with van der Waals surface area (Å²) in [6, 6.07) is 0. The predicted molar refractivity (Wildman–Crippen MR) is 47.0 cm³/mol. The molecule has 3 N–H and O–H groups in total. The van der Waals surface area contributed by atoms with Crippen LogP contribution in [0.3, 0.4) is 0 Å². The van der Waals surface area contributed by atoms with Crippen LogP contribution in [0, 0.1) is 0 Å². The first-order valence-electron chi connectivity index (χ1n) is 4.53. The van der Waals surface area contributed by atoms with Crippen LogP contribution in [0.5, 0.6) is 0 Å². The highest BCUT2D eigenvalue weighted by Crippen LogP contribution is 2.57. The summed E-state index contributed by atoms with van der Waals surface area (Å²) in [5.41, 5.74) is 0. The molecule has 2 rings (SSSR count). The van der Waals surface area contributed by atoms with Gasteiger partial charge in [0.15, 0.2) is 0 Å². The van der Waals surface area contributed by atoms with Gasteiger partial charge in [-0.1, -0.05) is 0 Å². The second-order valence-electron chi connectivity index (χ2n) is 3.62. The van der Waals surface area contributed by atoms with Gasteiger partial charge in [0.1, 0.15) is 30.5 Å². The van der Waals surface area contributed by atoms with Crippen molar-refractivity contribution in [3.05, 3.63) is 0 Å². The smallest absolute Gasteiger partial charge is 0.388 e. The normalized spacial score (nSPS) is 55.3. The van der Waals surface area contributed by atoms with E-state index in [1.807, 2.05) is 0 Å². The lowest BCUT2D eigenvalue weighted by Gasteiger charge is -2.44. The molecule has 2 fully saturated rings. The predicted octanol–water partition coefficient (Wildman–Crippen LogP) is -0.989. The van der Waals surface area contributed by atoms with E-state index in [2.05, 4.69) is 4.52 Å². The number of aliphatic hydroxyl groups is 3. The quantitative estimate of drug-likeness (QED) is 0.505. The Morgan fingerprint density at radius 1 is 1.13 bits per heavy atom. The van der Waals surface area contributed by atoms with E-state index in [0.29, 0.717) is 0 Å². The number of hydrogen-bond acceptors (Lipinski definition) is 7. The lowest BCUT2D eigenvalue weighted by atomic mass is 9.87. The number of phosphoric ester groups is 1. The van der Waals surface area contributed by atoms with Crippen LogP contribution in [-0.4, -0.2) is 52.9 Å². The molecule has 0 aromatic rings. The number of phosphoric acid groups is 1. The first-order chi connectivity index (χ1) is 6.97. The van der Waals surface area contributed by atoms with Crippen molar-refractivity contribution < 1.29 is 33.5 Å². The van der Waals surface area contributed by atoms with Crippen molar-refractivity contribution in [1.29, 1.82) is 0 Å². The molecule has 0 aromatic carbocycles. The molecule has 0 amide bonds. The summed E-state index contributed by atoms with van der Waals surface area (Å²) in [6.45, 7) is 0. The molecular weight excluding hydrogens is 227 g/mol. The van der Waals surface area contributed by atoms with E-state index in [1.165, 1.54) is 0 Å². The van der Waals surface area contributed by atoms with Crippen LogP contribution in [0.4, 0.5) is 0 Å². The van der Waals surface area contributed by atoms with Crippen LogP contribution in [0.15, 0.2) is 0 Å². The van der Waals surface area contributed by atoms with Gasteiger partial charge in [-0.25, -0.2) is 4.57 Å². The molecule has 1 saturated heterocycles. The zero-order valence-corrected chi connectivity index (χ0v) is 8.91. The maximum atomic E-state index is 11.6. The number of rotatable bonds is 1. The van der Waals surface area contributed by atoms with Crippen LogP contribution < -0.4 is 0 Å². The molecule has 6 atom stereocenters. The van der Waals surface area contributed by atoms with E-state index in [4.69, 9.17) is 9.05 Å². The van der Waals surface area contributed by atoms with Crippen molar-refractivity contribution in [3.63, 3.8) is 0 Å². The van der Waals surface area contributed by atoms with E-state index in [1.54, 1.807) is 0 Å². The summed E-state index contributed by atoms with van der Waals surface area (Å²) in [7, 11) is -2.55. The average Bonchev–Trinajstić information content (AvgIpc) is 2.23. The molecule has 0 radical (unpaired) electrons. The van der Waals surface area contributed by atoms with Crippen LogP contribution in [0.25, 0.3) is 0 Å². The summed E-state index contributed by atoms with van der Waals surface area (Å²) in [5, 5.41) is 28.4. The van der Waals surface area contributed by atoms with Gasteiger partial charge in [-0.15, -0.1) is 0 Å². The topological polar surface area (TPSA) is 105 Å². The molecule has 1 aliphatic heterocycles. The minimum Gasteiger partial charge on any atom is -0.388 e. The monoisotopic (exact) mass is 240 g/mol. The fourth-order valence-corrected chi connectivity index (χ4v) is 3.11. The third kappa shape index (κ3) is 1.85. The zero-order valence-electron chi connectivity index (χ0n) is 8.02. The number of fused-ring (bicyclic) bond motifs is 2. The van der Waals surface area contributed by atoms with Crippen molar-refractivity contribution in [1.82, 2.24) is 0 Å². The van der Waals surface area contributed by atoms with Gasteiger partial charge in [0, 0.05) is 13.5 Å². The lowest BCUT2D eigenvalue weighted by Crippen LogP contribution is -2.58. The fraction of sp³-hybridized carbons (Fsp3) is 1.00. The van der Waals surface area contributed by atoms with Gasteiger partial charge in [0.05, 0.1) is 0 Å². The SMILES string of the molecule is COP1(=O)O[C@H]2C[C@@H](O1)[C@H](O)C(O)[C@H]2O. The van der Waals surface area contributed by atoms with Crippen molar-refractivity contribution in [2.45, 2.75) is 36.9 Å². The van der Waals surface area contributed by atoms with Gasteiger partial charge < -0.3 is 15.3 Å². The maximum absolute atomic E-state index is 11.6. The molecule has 1 aliphatic carbocycles. The Balaban J connectivity index is 2.22. The lowest BCUT2D eigenvalue weighted by molar-refractivity contribution is -0.194. The molecule has 15 heavy (non-hydrogen) atoms. The summed E-state index contributed by atoms with van der Waals surface area (Å²) < 4.78 is 26.0.